The van der Waals surface area contributed by atoms with Crippen molar-refractivity contribution >= 4 is 5.91 Å². The summed E-state index contributed by atoms with van der Waals surface area (Å²) in [4.78, 5) is 14.6. The van der Waals surface area contributed by atoms with Gasteiger partial charge in [0, 0.05) is 19.6 Å². The lowest BCUT2D eigenvalue weighted by molar-refractivity contribution is -0.0175. The van der Waals surface area contributed by atoms with Crippen molar-refractivity contribution in [1.82, 2.24) is 20.0 Å². The largest absolute Gasteiger partial charge is 0.374 e. The highest BCUT2D eigenvalue weighted by atomic mass is 19.1. The van der Waals surface area contributed by atoms with Crippen LogP contribution in [0.5, 0.6) is 0 Å². The first kappa shape index (κ1) is 16.6. The first-order valence-electron chi connectivity index (χ1n) is 7.93. The molecule has 1 amide bonds. The minimum absolute atomic E-state index is 0.000138. The Kier molecular flexibility index (Phi) is 4.92. The lowest BCUT2D eigenvalue weighted by Gasteiger charge is -2.30. The number of nitrogens with one attached hydrogen (secondary N) is 1. The smallest absolute Gasteiger partial charge is 0.254 e. The fourth-order valence-electron chi connectivity index (χ4n) is 2.77. The number of benzene rings is 1. The SMILES string of the molecule is Cc1c(C(=O)NC[C@@H]2CN(C)CCO2)cnn1-c1ccc(F)cc1. The van der Waals surface area contributed by atoms with E-state index in [1.165, 1.54) is 18.3 Å². The van der Waals surface area contributed by atoms with Crippen LogP contribution >= 0.6 is 0 Å². The molecule has 1 aliphatic heterocycles. The molecule has 24 heavy (non-hydrogen) atoms. The first-order valence-corrected chi connectivity index (χ1v) is 7.93. The molecule has 1 atom stereocenters. The monoisotopic (exact) mass is 332 g/mol. The van der Waals surface area contributed by atoms with E-state index >= 15 is 0 Å². The van der Waals surface area contributed by atoms with Crippen molar-refractivity contribution in [2.75, 3.05) is 33.3 Å². The third-order valence-corrected chi connectivity index (χ3v) is 4.16. The van der Waals surface area contributed by atoms with Crippen LogP contribution in [0, 0.1) is 12.7 Å². The zero-order chi connectivity index (χ0) is 17.1. The molecule has 128 valence electrons. The Labute approximate surface area is 140 Å². The second-order valence-electron chi connectivity index (χ2n) is 6.00. The molecule has 2 aromatic rings. The lowest BCUT2D eigenvalue weighted by atomic mass is 10.2. The Morgan fingerprint density at radius 2 is 2.17 bits per heavy atom. The summed E-state index contributed by atoms with van der Waals surface area (Å²) in [5, 5.41) is 7.14. The molecule has 0 bridgehead atoms. The molecule has 1 aromatic heterocycles. The number of amides is 1. The number of hydrogen-bond acceptors (Lipinski definition) is 4. The maximum atomic E-state index is 13.0. The molecule has 0 aliphatic carbocycles. The van der Waals surface area contributed by atoms with Gasteiger partial charge in [0.15, 0.2) is 0 Å². The van der Waals surface area contributed by atoms with Gasteiger partial charge in [0.2, 0.25) is 0 Å². The van der Waals surface area contributed by atoms with Crippen molar-refractivity contribution in [3.05, 3.63) is 47.5 Å². The second kappa shape index (κ2) is 7.11. The summed E-state index contributed by atoms with van der Waals surface area (Å²) in [6, 6.07) is 5.99. The molecule has 0 saturated carbocycles. The van der Waals surface area contributed by atoms with Gasteiger partial charge in [0.25, 0.3) is 5.91 Å². The number of ether oxygens (including phenoxy) is 1. The van der Waals surface area contributed by atoms with Crippen molar-refractivity contribution < 1.29 is 13.9 Å². The van der Waals surface area contributed by atoms with Gasteiger partial charge >= 0.3 is 0 Å². The Morgan fingerprint density at radius 1 is 1.42 bits per heavy atom. The van der Waals surface area contributed by atoms with Crippen LogP contribution in [0.3, 0.4) is 0 Å². The molecule has 0 unspecified atom stereocenters. The highest BCUT2D eigenvalue weighted by Crippen LogP contribution is 2.15. The number of carbonyl (C=O) groups excluding carboxylic acids is 1. The Morgan fingerprint density at radius 3 is 2.88 bits per heavy atom. The van der Waals surface area contributed by atoms with E-state index in [2.05, 4.69) is 15.3 Å². The number of halogens is 1. The van der Waals surface area contributed by atoms with Gasteiger partial charge in [-0.25, -0.2) is 9.07 Å². The van der Waals surface area contributed by atoms with Crippen LogP contribution in [-0.2, 0) is 4.74 Å². The van der Waals surface area contributed by atoms with Crippen molar-refractivity contribution in [1.29, 1.82) is 0 Å². The number of morpholine rings is 1. The lowest BCUT2D eigenvalue weighted by Crippen LogP contribution is -2.45. The number of likely N-dealkylation sites (N-methyl/N-ethyl adjacent to an activating group) is 1. The maximum Gasteiger partial charge on any atom is 0.254 e. The summed E-state index contributed by atoms with van der Waals surface area (Å²) in [7, 11) is 2.04. The van der Waals surface area contributed by atoms with E-state index in [9.17, 15) is 9.18 Å². The van der Waals surface area contributed by atoms with E-state index in [4.69, 9.17) is 4.74 Å². The predicted molar refractivity (Wildman–Crippen MR) is 87.8 cm³/mol. The zero-order valence-electron chi connectivity index (χ0n) is 13.8. The van der Waals surface area contributed by atoms with Gasteiger partial charge in [-0.1, -0.05) is 0 Å². The normalized spacial score (nSPS) is 18.5. The van der Waals surface area contributed by atoms with Crippen LogP contribution in [0.15, 0.2) is 30.5 Å². The van der Waals surface area contributed by atoms with Gasteiger partial charge in [0.1, 0.15) is 5.82 Å². The predicted octanol–water partition coefficient (Wildman–Crippen LogP) is 1.38. The molecule has 1 saturated heterocycles. The van der Waals surface area contributed by atoms with Gasteiger partial charge < -0.3 is 15.0 Å². The average molecular weight is 332 g/mol. The third kappa shape index (κ3) is 3.63. The average Bonchev–Trinajstić information content (AvgIpc) is 2.95. The molecule has 1 fully saturated rings. The quantitative estimate of drug-likeness (QED) is 0.919. The molecule has 0 spiro atoms. The summed E-state index contributed by atoms with van der Waals surface area (Å²) in [6.45, 7) is 4.67. The second-order valence-corrected chi connectivity index (χ2v) is 6.00. The summed E-state index contributed by atoms with van der Waals surface area (Å²) in [6.07, 6.45) is 1.53. The van der Waals surface area contributed by atoms with Crippen LogP contribution in [-0.4, -0.2) is 60.0 Å². The van der Waals surface area contributed by atoms with Crippen molar-refractivity contribution in [3.63, 3.8) is 0 Å². The number of aromatic nitrogens is 2. The minimum atomic E-state index is -0.307. The highest BCUT2D eigenvalue weighted by Gasteiger charge is 2.20. The van der Waals surface area contributed by atoms with Crippen molar-refractivity contribution in [3.8, 4) is 5.69 Å². The van der Waals surface area contributed by atoms with Crippen LogP contribution in [0.25, 0.3) is 5.69 Å². The van der Waals surface area contributed by atoms with E-state index in [1.54, 1.807) is 16.8 Å². The highest BCUT2D eigenvalue weighted by molar-refractivity contribution is 5.95. The van der Waals surface area contributed by atoms with Crippen molar-refractivity contribution in [2.45, 2.75) is 13.0 Å². The maximum absolute atomic E-state index is 13.0. The standard InChI is InChI=1S/C17H21FN4O2/c1-12-16(10-20-22(12)14-5-3-13(18)4-6-14)17(23)19-9-15-11-21(2)7-8-24-15/h3-6,10,15H,7-9,11H2,1-2H3,(H,19,23)/t15-/m1/s1. The summed E-state index contributed by atoms with van der Waals surface area (Å²) >= 11 is 0. The Hall–Kier alpha value is -2.25. The molecule has 1 aromatic carbocycles. The van der Waals surface area contributed by atoms with E-state index in [0.717, 1.165) is 13.1 Å². The number of rotatable bonds is 4. The molecule has 3 rings (SSSR count). The molecule has 6 nitrogen and oxygen atoms in total. The molecule has 2 heterocycles. The Balaban J connectivity index is 1.66. The third-order valence-electron chi connectivity index (χ3n) is 4.16. The van der Waals surface area contributed by atoms with Crippen LogP contribution < -0.4 is 5.32 Å². The molecule has 1 N–H and O–H groups in total. The minimum Gasteiger partial charge on any atom is -0.374 e. The van der Waals surface area contributed by atoms with Gasteiger partial charge in [-0.3, -0.25) is 4.79 Å². The summed E-state index contributed by atoms with van der Waals surface area (Å²) < 4.78 is 20.3. The van der Waals surface area contributed by atoms with Gasteiger partial charge in [-0.15, -0.1) is 0 Å². The van der Waals surface area contributed by atoms with Crippen LogP contribution in [0.4, 0.5) is 4.39 Å². The van der Waals surface area contributed by atoms with Crippen molar-refractivity contribution in [2.24, 2.45) is 0 Å². The fraction of sp³-hybridized carbons (Fsp3) is 0.412. The van der Waals surface area contributed by atoms with E-state index in [-0.39, 0.29) is 17.8 Å². The van der Waals surface area contributed by atoms with Crippen LogP contribution in [0.2, 0.25) is 0 Å². The van der Waals surface area contributed by atoms with Gasteiger partial charge in [-0.2, -0.15) is 5.10 Å². The number of carbonyl (C=O) groups is 1. The fourth-order valence-corrected chi connectivity index (χ4v) is 2.77. The van der Waals surface area contributed by atoms with E-state index < -0.39 is 0 Å². The first-order chi connectivity index (χ1) is 11.5. The summed E-state index contributed by atoms with van der Waals surface area (Å²) in [5.74, 6) is -0.489. The molecule has 7 heteroatoms. The zero-order valence-corrected chi connectivity index (χ0v) is 13.8. The topological polar surface area (TPSA) is 59.4 Å². The molecular formula is C17H21FN4O2. The summed E-state index contributed by atoms with van der Waals surface area (Å²) in [5.41, 5.74) is 1.93. The molecular weight excluding hydrogens is 311 g/mol. The van der Waals surface area contributed by atoms with Crippen LogP contribution in [0.1, 0.15) is 16.1 Å². The number of hydrogen-bond donors (Lipinski definition) is 1. The van der Waals surface area contributed by atoms with E-state index in [1.807, 2.05) is 14.0 Å². The van der Waals surface area contributed by atoms with Gasteiger partial charge in [-0.05, 0) is 38.2 Å². The number of nitrogens with zero attached hydrogens (tertiary/aromatic N) is 3. The Bertz CT molecular complexity index is 714. The molecule has 1 aliphatic rings. The van der Waals surface area contributed by atoms with E-state index in [0.29, 0.717) is 30.1 Å². The van der Waals surface area contributed by atoms with Gasteiger partial charge in [0.05, 0.1) is 35.9 Å². The molecule has 0 radical (unpaired) electrons.